The van der Waals surface area contributed by atoms with Gasteiger partial charge in [0, 0.05) is 12.5 Å². The predicted molar refractivity (Wildman–Crippen MR) is 166 cm³/mol. The summed E-state index contributed by atoms with van der Waals surface area (Å²) in [6.45, 7) is 15.3. The van der Waals surface area contributed by atoms with Crippen LogP contribution in [0.15, 0.2) is 0 Å². The molecule has 9 heteroatoms. The lowest BCUT2D eigenvalue weighted by atomic mass is 9.41. The Hall–Kier alpha value is -0.360. The molecule has 5 N–H and O–H groups in total. The van der Waals surface area contributed by atoms with Gasteiger partial charge >= 0.3 is 0 Å². The maximum Gasteiger partial charge on any atom is 0.186 e. The maximum atomic E-state index is 12.5. The molecule has 0 unspecified atom stereocenters. The molecule has 0 amide bonds. The second kappa shape index (κ2) is 10.3. The van der Waals surface area contributed by atoms with Crippen molar-refractivity contribution in [3.8, 4) is 0 Å². The average molecular weight is 637 g/mol. The van der Waals surface area contributed by atoms with Crippen LogP contribution < -0.4 is 0 Å². The van der Waals surface area contributed by atoms with Crippen molar-refractivity contribution in [1.82, 2.24) is 0 Å². The molecule has 5 aliphatic carbocycles. The van der Waals surface area contributed by atoms with E-state index in [1.54, 1.807) is 21.0 Å². The molecule has 7 rings (SSSR count). The zero-order chi connectivity index (χ0) is 32.7. The second-order valence-electron chi connectivity index (χ2n) is 18.2. The summed E-state index contributed by atoms with van der Waals surface area (Å²) in [5, 5.41) is 54.2. The van der Waals surface area contributed by atoms with Crippen LogP contribution in [0.25, 0.3) is 0 Å². The van der Waals surface area contributed by atoms with Gasteiger partial charge in [0.05, 0.1) is 36.6 Å². The molecule has 2 saturated heterocycles. The number of aliphatic hydroxyl groups is 5. The summed E-state index contributed by atoms with van der Waals surface area (Å²) >= 11 is 0. The van der Waals surface area contributed by atoms with Crippen molar-refractivity contribution in [2.24, 2.45) is 50.7 Å². The third-order valence-electron chi connectivity index (χ3n) is 15.8. The van der Waals surface area contributed by atoms with Gasteiger partial charge in [-0.15, -0.1) is 0 Å². The first-order chi connectivity index (χ1) is 20.9. The van der Waals surface area contributed by atoms with Gasteiger partial charge in [-0.05, 0) is 111 Å². The van der Waals surface area contributed by atoms with E-state index in [1.165, 1.54) is 12.8 Å². The summed E-state index contributed by atoms with van der Waals surface area (Å²) in [7, 11) is 1.64. The average Bonchev–Trinajstić information content (AvgIpc) is 3.59. The number of aliphatic hydroxyl groups excluding tert-OH is 4. The molecule has 45 heavy (non-hydrogen) atoms. The molecule has 258 valence electrons. The SMILES string of the molecule is CO[C@@H]([C@H]1C[C@@H](C)[C@H]2[C@H](O1)[C@H](O)[C@@]1(C)[C@@H]3CC[C@H]4C(C)(C)[C@@H](O[C@@H]5OC[C@@H](O)[C@H](O)[C@H]5O)CC[C@@]45C[C@@]35CC[C@]21C)C(C)(C)O. The van der Waals surface area contributed by atoms with Gasteiger partial charge in [0.1, 0.15) is 24.4 Å². The van der Waals surface area contributed by atoms with Gasteiger partial charge in [-0.25, -0.2) is 0 Å². The van der Waals surface area contributed by atoms with Crippen molar-refractivity contribution in [3.05, 3.63) is 0 Å². The fraction of sp³-hybridized carbons (Fsp3) is 1.00. The van der Waals surface area contributed by atoms with Gasteiger partial charge in [0.15, 0.2) is 6.29 Å². The molecule has 0 radical (unpaired) electrons. The molecule has 0 aromatic carbocycles. The largest absolute Gasteiger partial charge is 0.390 e. The zero-order valence-electron chi connectivity index (χ0n) is 28.7. The number of methoxy groups -OCH3 is 1. The molecule has 17 atom stereocenters. The summed E-state index contributed by atoms with van der Waals surface area (Å²) in [5.74, 6) is 1.47. The lowest BCUT2D eigenvalue weighted by Gasteiger charge is -2.64. The Bertz CT molecular complexity index is 1160. The predicted octanol–water partition coefficient (Wildman–Crippen LogP) is 3.41. The molecular formula is C36H60O9. The van der Waals surface area contributed by atoms with Gasteiger partial charge in [0.2, 0.25) is 0 Å². The molecule has 2 heterocycles. The minimum Gasteiger partial charge on any atom is -0.390 e. The van der Waals surface area contributed by atoms with Crippen LogP contribution in [0.3, 0.4) is 0 Å². The molecule has 0 bridgehead atoms. The molecule has 0 aromatic rings. The third kappa shape index (κ3) is 4.17. The fourth-order valence-electron chi connectivity index (χ4n) is 13.7. The smallest absolute Gasteiger partial charge is 0.186 e. The number of hydrogen-bond acceptors (Lipinski definition) is 9. The van der Waals surface area contributed by atoms with Crippen LogP contribution >= 0.6 is 0 Å². The first-order valence-electron chi connectivity index (χ1n) is 17.8. The van der Waals surface area contributed by atoms with Gasteiger partial charge in [0.25, 0.3) is 0 Å². The molecule has 2 spiro atoms. The van der Waals surface area contributed by atoms with Crippen molar-refractivity contribution in [2.45, 2.75) is 161 Å². The first kappa shape index (κ1) is 33.2. The van der Waals surface area contributed by atoms with Crippen molar-refractivity contribution in [2.75, 3.05) is 13.7 Å². The van der Waals surface area contributed by atoms with Gasteiger partial charge in [-0.2, -0.15) is 0 Å². The second-order valence-corrected chi connectivity index (χ2v) is 18.2. The van der Waals surface area contributed by atoms with E-state index in [9.17, 15) is 25.5 Å². The van der Waals surface area contributed by atoms with Crippen molar-refractivity contribution in [1.29, 1.82) is 0 Å². The highest BCUT2D eigenvalue weighted by Crippen LogP contribution is 2.89. The molecular weight excluding hydrogens is 576 g/mol. The van der Waals surface area contributed by atoms with E-state index >= 15 is 0 Å². The normalized spacial score (nSPS) is 57.5. The van der Waals surface area contributed by atoms with Crippen LogP contribution in [-0.2, 0) is 18.9 Å². The number of rotatable bonds is 5. The van der Waals surface area contributed by atoms with Crippen molar-refractivity contribution in [3.63, 3.8) is 0 Å². The van der Waals surface area contributed by atoms with E-state index in [-0.39, 0.29) is 57.9 Å². The van der Waals surface area contributed by atoms with Gasteiger partial charge < -0.3 is 44.5 Å². The minimum absolute atomic E-state index is 0.0407. The highest BCUT2D eigenvalue weighted by atomic mass is 16.7. The van der Waals surface area contributed by atoms with E-state index in [4.69, 9.17) is 18.9 Å². The number of hydrogen-bond donors (Lipinski definition) is 5. The molecule has 0 aromatic heterocycles. The molecule has 9 nitrogen and oxygen atoms in total. The first-order valence-corrected chi connectivity index (χ1v) is 17.8. The van der Waals surface area contributed by atoms with Crippen LogP contribution in [0.2, 0.25) is 0 Å². The summed E-state index contributed by atoms with van der Waals surface area (Å²) < 4.78 is 24.8. The Kier molecular flexibility index (Phi) is 7.61. The monoisotopic (exact) mass is 636 g/mol. The standard InChI is InChI=1S/C36H60O9/c1-18-15-20(29(42-8)32(4,5)41)44-27-24(18)33(6)13-14-36-17-35(36)12-11-23(45-30-26(39)25(38)19(37)16-43-30)31(2,3)21(35)9-10-22(36)34(33,7)28(27)40/h18-30,37-41H,9-17H2,1-8H3/t18-,19-,20-,21+,22+,23+,24+,25+,26-,27+,28+,29+,30+,33-,34-,35-,36+/m1/s1. The van der Waals surface area contributed by atoms with E-state index in [2.05, 4.69) is 34.6 Å². The van der Waals surface area contributed by atoms with Crippen LogP contribution in [0.4, 0.5) is 0 Å². The van der Waals surface area contributed by atoms with Crippen LogP contribution in [0, 0.1) is 50.7 Å². The highest BCUT2D eigenvalue weighted by Gasteiger charge is 2.84. The van der Waals surface area contributed by atoms with Gasteiger partial charge in [-0.3, -0.25) is 0 Å². The summed E-state index contributed by atoms with van der Waals surface area (Å²) in [4.78, 5) is 0. The quantitative estimate of drug-likeness (QED) is 0.288. The van der Waals surface area contributed by atoms with Crippen LogP contribution in [-0.4, -0.2) is 100.0 Å². The molecule has 7 aliphatic rings. The Balaban J connectivity index is 1.14. The summed E-state index contributed by atoms with van der Waals surface area (Å²) in [6.07, 6.45) is 2.05. The highest BCUT2D eigenvalue weighted by molar-refractivity contribution is 5.33. The lowest BCUT2D eigenvalue weighted by molar-refractivity contribution is -0.303. The Morgan fingerprint density at radius 1 is 0.889 bits per heavy atom. The number of ether oxygens (including phenoxy) is 4. The topological polar surface area (TPSA) is 138 Å². The molecule has 7 fully saturated rings. The van der Waals surface area contributed by atoms with Gasteiger partial charge in [-0.1, -0.05) is 34.6 Å². The van der Waals surface area contributed by atoms with Crippen LogP contribution in [0.5, 0.6) is 0 Å². The Morgan fingerprint density at radius 2 is 1.56 bits per heavy atom. The summed E-state index contributed by atoms with van der Waals surface area (Å²) in [6, 6.07) is 0. The van der Waals surface area contributed by atoms with Crippen molar-refractivity contribution >= 4 is 0 Å². The fourth-order valence-corrected chi connectivity index (χ4v) is 13.7. The number of fused-ring (bicyclic) bond motifs is 4. The van der Waals surface area contributed by atoms with Crippen molar-refractivity contribution < 1.29 is 44.5 Å². The Labute approximate surface area is 269 Å². The maximum absolute atomic E-state index is 12.5. The Morgan fingerprint density at radius 3 is 2.22 bits per heavy atom. The third-order valence-corrected chi connectivity index (χ3v) is 15.8. The van der Waals surface area contributed by atoms with Crippen LogP contribution in [0.1, 0.15) is 99.8 Å². The summed E-state index contributed by atoms with van der Waals surface area (Å²) in [5.41, 5.74) is -1.10. The zero-order valence-corrected chi connectivity index (χ0v) is 28.7. The molecule has 5 saturated carbocycles. The van der Waals surface area contributed by atoms with E-state index in [1.807, 2.05) is 0 Å². The minimum atomic E-state index is -1.28. The lowest BCUT2D eigenvalue weighted by Crippen LogP contribution is -2.61. The van der Waals surface area contributed by atoms with E-state index in [0.29, 0.717) is 17.8 Å². The molecule has 2 aliphatic heterocycles. The van der Waals surface area contributed by atoms with E-state index < -0.39 is 42.4 Å². The van der Waals surface area contributed by atoms with E-state index in [0.717, 1.165) is 38.5 Å².